The van der Waals surface area contributed by atoms with Gasteiger partial charge in [-0.25, -0.2) is 4.79 Å². The quantitative estimate of drug-likeness (QED) is 0.749. The maximum Gasteiger partial charge on any atom is 0.319 e. The monoisotopic (exact) mass is 338 g/mol. The van der Waals surface area contributed by atoms with Crippen molar-refractivity contribution in [3.8, 4) is 0 Å². The number of nitrogens with zero attached hydrogens (tertiary/aromatic N) is 1. The van der Waals surface area contributed by atoms with Crippen molar-refractivity contribution in [3.05, 3.63) is 59.7 Å². The molecular weight excluding hydrogens is 312 g/mol. The van der Waals surface area contributed by atoms with Crippen LogP contribution >= 0.6 is 0 Å². The third-order valence-electron chi connectivity index (χ3n) is 4.70. The van der Waals surface area contributed by atoms with Gasteiger partial charge in [-0.1, -0.05) is 30.3 Å². The fourth-order valence-corrected chi connectivity index (χ4v) is 3.16. The Morgan fingerprint density at radius 2 is 1.88 bits per heavy atom. The minimum absolute atomic E-state index is 0.129. The van der Waals surface area contributed by atoms with E-state index >= 15 is 0 Å². The third-order valence-corrected chi connectivity index (χ3v) is 4.70. The lowest BCUT2D eigenvalue weighted by Gasteiger charge is -2.32. The van der Waals surface area contributed by atoms with E-state index in [4.69, 9.17) is 5.73 Å². The molecule has 1 fully saturated rings. The molecule has 2 aromatic carbocycles. The molecule has 1 aliphatic rings. The van der Waals surface area contributed by atoms with Crippen LogP contribution in [0.2, 0.25) is 0 Å². The molecule has 4 N–H and O–H groups in total. The average Bonchev–Trinajstić information content (AvgIpc) is 2.61. The number of para-hydroxylation sites is 1. The van der Waals surface area contributed by atoms with E-state index in [1.807, 2.05) is 37.3 Å². The van der Waals surface area contributed by atoms with Gasteiger partial charge in [0.05, 0.1) is 0 Å². The standard InChI is InChI=1S/C20H26N4O/c1-15-7-8-16(13-19(15)21)14-24-11-9-18(10-12-24)23-20(25)22-17-5-3-2-4-6-17/h2-8,13,18H,9-12,14,21H2,1H3,(H2,22,23,25). The third kappa shape index (κ3) is 4.97. The maximum atomic E-state index is 12.1. The second kappa shape index (κ2) is 8.03. The van der Waals surface area contributed by atoms with Crippen molar-refractivity contribution in [2.45, 2.75) is 32.4 Å². The fraction of sp³-hybridized carbons (Fsp3) is 0.350. The summed E-state index contributed by atoms with van der Waals surface area (Å²) in [5.74, 6) is 0. The highest BCUT2D eigenvalue weighted by Gasteiger charge is 2.20. The SMILES string of the molecule is Cc1ccc(CN2CCC(NC(=O)Nc3ccccc3)CC2)cc1N. The lowest BCUT2D eigenvalue weighted by atomic mass is 10.0. The van der Waals surface area contributed by atoms with Crippen LogP contribution in [0.4, 0.5) is 16.2 Å². The van der Waals surface area contributed by atoms with Gasteiger partial charge in [-0.05, 0) is 49.1 Å². The highest BCUT2D eigenvalue weighted by atomic mass is 16.2. The lowest BCUT2D eigenvalue weighted by molar-refractivity contribution is 0.190. The largest absolute Gasteiger partial charge is 0.399 e. The van der Waals surface area contributed by atoms with Crippen LogP contribution in [-0.2, 0) is 6.54 Å². The number of nitrogens with two attached hydrogens (primary N) is 1. The summed E-state index contributed by atoms with van der Waals surface area (Å²) < 4.78 is 0. The first-order chi connectivity index (χ1) is 12.1. The molecule has 0 radical (unpaired) electrons. The Labute approximate surface area is 149 Å². The molecule has 0 atom stereocenters. The first-order valence-electron chi connectivity index (χ1n) is 8.80. The number of anilines is 2. The highest BCUT2D eigenvalue weighted by molar-refractivity contribution is 5.89. The van der Waals surface area contributed by atoms with E-state index < -0.39 is 0 Å². The Hall–Kier alpha value is -2.53. The first-order valence-corrected chi connectivity index (χ1v) is 8.80. The van der Waals surface area contributed by atoms with Crippen molar-refractivity contribution in [3.63, 3.8) is 0 Å². The van der Waals surface area contributed by atoms with Crippen LogP contribution in [0, 0.1) is 6.92 Å². The smallest absolute Gasteiger partial charge is 0.319 e. The Bertz CT molecular complexity index is 709. The summed E-state index contributed by atoms with van der Waals surface area (Å²) in [5, 5.41) is 5.95. The van der Waals surface area contributed by atoms with Crippen LogP contribution in [0.25, 0.3) is 0 Å². The fourth-order valence-electron chi connectivity index (χ4n) is 3.16. The molecule has 0 spiro atoms. The van der Waals surface area contributed by atoms with Gasteiger partial charge in [-0.3, -0.25) is 4.90 Å². The molecule has 1 heterocycles. The molecule has 25 heavy (non-hydrogen) atoms. The van der Waals surface area contributed by atoms with Gasteiger partial charge in [-0.2, -0.15) is 0 Å². The van der Waals surface area contributed by atoms with Crippen molar-refractivity contribution >= 4 is 17.4 Å². The summed E-state index contributed by atoms with van der Waals surface area (Å²) in [7, 11) is 0. The molecule has 0 saturated carbocycles. The van der Waals surface area contributed by atoms with Gasteiger partial charge in [0.25, 0.3) is 0 Å². The van der Waals surface area contributed by atoms with Gasteiger partial charge >= 0.3 is 6.03 Å². The molecule has 5 nitrogen and oxygen atoms in total. The predicted molar refractivity (Wildman–Crippen MR) is 102 cm³/mol. The Morgan fingerprint density at radius 1 is 1.16 bits per heavy atom. The predicted octanol–water partition coefficient (Wildman–Crippen LogP) is 3.36. The molecule has 0 unspecified atom stereocenters. The van der Waals surface area contributed by atoms with Crippen molar-refractivity contribution in [1.82, 2.24) is 10.2 Å². The zero-order chi connectivity index (χ0) is 17.6. The molecule has 1 saturated heterocycles. The van der Waals surface area contributed by atoms with Crippen LogP contribution in [0.5, 0.6) is 0 Å². The molecule has 0 aromatic heterocycles. The van der Waals surface area contributed by atoms with Crippen molar-refractivity contribution in [1.29, 1.82) is 0 Å². The van der Waals surface area contributed by atoms with E-state index in [0.29, 0.717) is 0 Å². The van der Waals surface area contributed by atoms with E-state index in [1.54, 1.807) is 0 Å². The number of nitrogens with one attached hydrogen (secondary N) is 2. The van der Waals surface area contributed by atoms with Crippen LogP contribution in [-0.4, -0.2) is 30.1 Å². The van der Waals surface area contributed by atoms with Gasteiger partial charge < -0.3 is 16.4 Å². The summed E-state index contributed by atoms with van der Waals surface area (Å²) in [5.41, 5.74) is 10.0. The van der Waals surface area contributed by atoms with Gasteiger partial charge in [0.1, 0.15) is 0 Å². The Kier molecular flexibility index (Phi) is 5.56. The molecule has 2 amide bonds. The number of hydrogen-bond acceptors (Lipinski definition) is 3. The second-order valence-electron chi connectivity index (χ2n) is 6.71. The molecule has 5 heteroatoms. The van der Waals surface area contributed by atoms with Crippen molar-refractivity contribution < 1.29 is 4.79 Å². The minimum atomic E-state index is -0.129. The van der Waals surface area contributed by atoms with E-state index in [-0.39, 0.29) is 12.1 Å². The van der Waals surface area contributed by atoms with Crippen molar-refractivity contribution in [2.75, 3.05) is 24.1 Å². The van der Waals surface area contributed by atoms with E-state index in [9.17, 15) is 4.79 Å². The second-order valence-corrected chi connectivity index (χ2v) is 6.71. The van der Waals surface area contributed by atoms with Crippen LogP contribution in [0.1, 0.15) is 24.0 Å². The number of amides is 2. The first kappa shape index (κ1) is 17.3. The molecule has 1 aliphatic heterocycles. The van der Waals surface area contributed by atoms with Gasteiger partial charge in [0.2, 0.25) is 0 Å². The van der Waals surface area contributed by atoms with Crippen LogP contribution < -0.4 is 16.4 Å². The molecule has 132 valence electrons. The number of carbonyl (C=O) groups excluding carboxylic acids is 1. The van der Waals surface area contributed by atoms with E-state index in [2.05, 4.69) is 33.7 Å². The Balaban J connectivity index is 1.43. The zero-order valence-electron chi connectivity index (χ0n) is 14.7. The average molecular weight is 338 g/mol. The normalized spacial score (nSPS) is 15.7. The number of hydrogen-bond donors (Lipinski definition) is 3. The number of nitrogen functional groups attached to an aromatic ring is 1. The number of benzene rings is 2. The minimum Gasteiger partial charge on any atom is -0.399 e. The van der Waals surface area contributed by atoms with E-state index in [1.165, 1.54) is 5.56 Å². The highest BCUT2D eigenvalue weighted by Crippen LogP contribution is 2.18. The molecule has 0 bridgehead atoms. The number of carbonyl (C=O) groups is 1. The number of rotatable bonds is 4. The zero-order valence-corrected chi connectivity index (χ0v) is 14.7. The van der Waals surface area contributed by atoms with Gasteiger partial charge in [0, 0.05) is 37.1 Å². The molecule has 3 rings (SSSR count). The van der Waals surface area contributed by atoms with Crippen molar-refractivity contribution in [2.24, 2.45) is 0 Å². The summed E-state index contributed by atoms with van der Waals surface area (Å²) in [6.07, 6.45) is 1.92. The topological polar surface area (TPSA) is 70.4 Å². The Morgan fingerprint density at radius 3 is 2.56 bits per heavy atom. The summed E-state index contributed by atoms with van der Waals surface area (Å²) in [4.78, 5) is 14.5. The van der Waals surface area contributed by atoms with Crippen LogP contribution in [0.15, 0.2) is 48.5 Å². The summed E-state index contributed by atoms with van der Waals surface area (Å²) >= 11 is 0. The lowest BCUT2D eigenvalue weighted by Crippen LogP contribution is -2.45. The van der Waals surface area contributed by atoms with Gasteiger partial charge in [0.15, 0.2) is 0 Å². The number of aryl methyl sites for hydroxylation is 1. The molecular formula is C20H26N4O. The van der Waals surface area contributed by atoms with Crippen LogP contribution in [0.3, 0.4) is 0 Å². The number of urea groups is 1. The molecule has 0 aliphatic carbocycles. The summed E-state index contributed by atoms with van der Waals surface area (Å²) in [6, 6.07) is 15.9. The van der Waals surface area contributed by atoms with Gasteiger partial charge in [-0.15, -0.1) is 0 Å². The maximum absolute atomic E-state index is 12.1. The number of piperidine rings is 1. The number of likely N-dealkylation sites (tertiary alicyclic amines) is 1. The van der Waals surface area contributed by atoms with E-state index in [0.717, 1.165) is 49.4 Å². The summed E-state index contributed by atoms with van der Waals surface area (Å²) in [6.45, 7) is 4.89. The molecule has 2 aromatic rings.